The Morgan fingerprint density at radius 1 is 0.686 bits per heavy atom. The molecule has 0 amide bonds. The standard InChI is InChI=1S/C40H36N2O9/c1-3-26-19-21-27(22-20-26)23-31-24-41-40(46-2)42-35(31)51-39-34(50-38(45)30-17-11-6-12-18-30)33(49-37(44)29-15-9-5-10-16-29)32(25-47-39)48-36(43)28-13-7-4-8-14-28/h4-22,24,32-34,39H,3,23,25H2,1-2H3/t32-,33+,34-,39+/m1/s1. The smallest absolute Gasteiger partial charge is 0.338 e. The lowest BCUT2D eigenvalue weighted by Crippen LogP contribution is -2.59. The van der Waals surface area contributed by atoms with Crippen molar-refractivity contribution in [1.82, 2.24) is 9.97 Å². The molecule has 0 unspecified atom stereocenters. The Bertz CT molecular complexity index is 1920. The van der Waals surface area contributed by atoms with E-state index in [9.17, 15) is 14.4 Å². The van der Waals surface area contributed by atoms with Crippen molar-refractivity contribution in [2.45, 2.75) is 44.4 Å². The molecule has 4 aromatic carbocycles. The fourth-order valence-electron chi connectivity index (χ4n) is 5.45. The van der Waals surface area contributed by atoms with E-state index in [2.05, 4.69) is 16.9 Å². The van der Waals surface area contributed by atoms with Crippen molar-refractivity contribution in [3.63, 3.8) is 0 Å². The number of aryl methyl sites for hydroxylation is 1. The summed E-state index contributed by atoms with van der Waals surface area (Å²) in [5, 5.41) is 0. The summed E-state index contributed by atoms with van der Waals surface area (Å²) in [6.45, 7) is 1.81. The van der Waals surface area contributed by atoms with E-state index in [1.165, 1.54) is 12.7 Å². The molecule has 5 aromatic rings. The summed E-state index contributed by atoms with van der Waals surface area (Å²) in [4.78, 5) is 49.2. The molecule has 1 saturated heterocycles. The van der Waals surface area contributed by atoms with Crippen molar-refractivity contribution in [3.8, 4) is 11.9 Å². The number of hydrogen-bond acceptors (Lipinski definition) is 11. The van der Waals surface area contributed by atoms with E-state index >= 15 is 0 Å². The molecule has 0 saturated carbocycles. The number of nitrogens with zero attached hydrogens (tertiary/aromatic N) is 2. The molecule has 0 spiro atoms. The topological polar surface area (TPSA) is 132 Å². The van der Waals surface area contributed by atoms with Crippen LogP contribution in [0.3, 0.4) is 0 Å². The predicted octanol–water partition coefficient (Wildman–Crippen LogP) is 6.05. The quantitative estimate of drug-likeness (QED) is 0.112. The van der Waals surface area contributed by atoms with Crippen LogP contribution in [-0.2, 0) is 31.8 Å². The molecule has 1 aliphatic heterocycles. The van der Waals surface area contributed by atoms with E-state index < -0.39 is 42.5 Å². The molecule has 260 valence electrons. The lowest BCUT2D eigenvalue weighted by atomic mass is 10.0. The highest BCUT2D eigenvalue weighted by atomic mass is 16.7. The average molecular weight is 689 g/mol. The molecule has 4 atom stereocenters. The fourth-order valence-corrected chi connectivity index (χ4v) is 5.45. The molecule has 6 rings (SSSR count). The van der Waals surface area contributed by atoms with Gasteiger partial charge in [-0.1, -0.05) is 85.8 Å². The molecular formula is C40H36N2O9. The number of benzene rings is 4. The zero-order valence-corrected chi connectivity index (χ0v) is 28.0. The van der Waals surface area contributed by atoms with Gasteiger partial charge in [0.1, 0.15) is 0 Å². The van der Waals surface area contributed by atoms with Crippen molar-refractivity contribution in [3.05, 3.63) is 155 Å². The number of ether oxygens (including phenoxy) is 6. The van der Waals surface area contributed by atoms with Gasteiger partial charge < -0.3 is 28.4 Å². The summed E-state index contributed by atoms with van der Waals surface area (Å²) in [6, 6.07) is 33.1. The summed E-state index contributed by atoms with van der Waals surface area (Å²) in [6.07, 6.45) is -2.50. The van der Waals surface area contributed by atoms with Crippen molar-refractivity contribution in [1.29, 1.82) is 0 Å². The highest BCUT2D eigenvalue weighted by Gasteiger charge is 2.49. The van der Waals surface area contributed by atoms with Crippen LogP contribution >= 0.6 is 0 Å². The van der Waals surface area contributed by atoms with Gasteiger partial charge in [0, 0.05) is 18.2 Å². The Balaban J connectivity index is 1.36. The Labute approximate surface area is 295 Å². The number of rotatable bonds is 12. The first-order valence-electron chi connectivity index (χ1n) is 16.5. The van der Waals surface area contributed by atoms with Gasteiger partial charge >= 0.3 is 23.9 Å². The zero-order valence-electron chi connectivity index (χ0n) is 28.0. The zero-order chi connectivity index (χ0) is 35.6. The van der Waals surface area contributed by atoms with Crippen LogP contribution in [0.15, 0.2) is 121 Å². The number of carbonyl (C=O) groups is 3. The van der Waals surface area contributed by atoms with Crippen molar-refractivity contribution < 1.29 is 42.8 Å². The van der Waals surface area contributed by atoms with E-state index in [0.717, 1.165) is 12.0 Å². The summed E-state index contributed by atoms with van der Waals surface area (Å²) in [7, 11) is 1.43. The van der Waals surface area contributed by atoms with Gasteiger partial charge in [-0.15, -0.1) is 0 Å². The number of hydrogen-bond donors (Lipinski definition) is 0. The van der Waals surface area contributed by atoms with Crippen LogP contribution in [0, 0.1) is 0 Å². The fraction of sp³-hybridized carbons (Fsp3) is 0.225. The van der Waals surface area contributed by atoms with E-state index in [4.69, 9.17) is 28.4 Å². The molecule has 1 aliphatic rings. The Morgan fingerprint density at radius 2 is 1.20 bits per heavy atom. The lowest BCUT2D eigenvalue weighted by Gasteiger charge is -2.40. The SMILES string of the molecule is CCc1ccc(Cc2cnc(OC)nc2O[C@@H]2OC[C@@H](OC(=O)c3ccccc3)[C@H](OC(=O)c3ccccc3)[C@H]2OC(=O)c2ccccc2)cc1. The highest BCUT2D eigenvalue weighted by Crippen LogP contribution is 2.30. The molecule has 11 nitrogen and oxygen atoms in total. The summed E-state index contributed by atoms with van der Waals surface area (Å²) >= 11 is 0. The van der Waals surface area contributed by atoms with Gasteiger partial charge in [0.05, 0.1) is 30.4 Å². The second-order valence-corrected chi connectivity index (χ2v) is 11.6. The first kappa shape index (κ1) is 34.8. The number of aromatic nitrogens is 2. The molecule has 11 heteroatoms. The van der Waals surface area contributed by atoms with Gasteiger partial charge in [-0.3, -0.25) is 0 Å². The predicted molar refractivity (Wildman–Crippen MR) is 185 cm³/mol. The van der Waals surface area contributed by atoms with Crippen LogP contribution in [0.2, 0.25) is 0 Å². The van der Waals surface area contributed by atoms with E-state index in [1.807, 2.05) is 24.3 Å². The maximum atomic E-state index is 13.6. The van der Waals surface area contributed by atoms with Crippen LogP contribution in [0.25, 0.3) is 0 Å². The maximum absolute atomic E-state index is 13.6. The molecule has 1 fully saturated rings. The summed E-state index contributed by atoms with van der Waals surface area (Å²) < 4.78 is 35.8. The minimum atomic E-state index is -1.44. The van der Waals surface area contributed by atoms with Gasteiger partial charge in [0.2, 0.25) is 18.3 Å². The van der Waals surface area contributed by atoms with Crippen molar-refractivity contribution >= 4 is 17.9 Å². The molecule has 0 aliphatic carbocycles. The largest absolute Gasteiger partial charge is 0.467 e. The average Bonchev–Trinajstić information content (AvgIpc) is 3.18. The van der Waals surface area contributed by atoms with Gasteiger partial charge in [0.25, 0.3) is 0 Å². The van der Waals surface area contributed by atoms with Gasteiger partial charge in [-0.25, -0.2) is 19.4 Å². The molecule has 2 heterocycles. The van der Waals surface area contributed by atoms with E-state index in [-0.39, 0.29) is 35.2 Å². The summed E-state index contributed by atoms with van der Waals surface area (Å²) in [5.74, 6) is -2.07. The molecule has 1 aromatic heterocycles. The first-order valence-corrected chi connectivity index (χ1v) is 16.5. The summed E-state index contributed by atoms with van der Waals surface area (Å²) in [5.41, 5.74) is 3.50. The van der Waals surface area contributed by atoms with Gasteiger partial charge in [0.15, 0.2) is 12.2 Å². The highest BCUT2D eigenvalue weighted by molar-refractivity contribution is 5.91. The van der Waals surface area contributed by atoms with Gasteiger partial charge in [-0.05, 0) is 53.9 Å². The van der Waals surface area contributed by atoms with Crippen LogP contribution in [-0.4, -0.2) is 66.2 Å². The normalized spacial score (nSPS) is 18.2. The number of carbonyl (C=O) groups excluding carboxylic acids is 3. The Morgan fingerprint density at radius 3 is 1.73 bits per heavy atom. The van der Waals surface area contributed by atoms with Crippen molar-refractivity contribution in [2.75, 3.05) is 13.7 Å². The second kappa shape index (κ2) is 16.6. The maximum Gasteiger partial charge on any atom is 0.338 e. The Kier molecular flexibility index (Phi) is 11.3. The van der Waals surface area contributed by atoms with Crippen molar-refractivity contribution in [2.24, 2.45) is 0 Å². The van der Waals surface area contributed by atoms with E-state index in [0.29, 0.717) is 12.0 Å². The minimum absolute atomic E-state index is 0.0328. The minimum Gasteiger partial charge on any atom is -0.467 e. The van der Waals surface area contributed by atoms with Crippen LogP contribution < -0.4 is 9.47 Å². The number of methoxy groups -OCH3 is 1. The lowest BCUT2D eigenvalue weighted by molar-refractivity contribution is -0.242. The third-order valence-electron chi connectivity index (χ3n) is 8.20. The Hall–Kier alpha value is -6.07. The molecule has 0 radical (unpaired) electrons. The van der Waals surface area contributed by atoms with Crippen LogP contribution in [0.4, 0.5) is 0 Å². The molecular weight excluding hydrogens is 652 g/mol. The van der Waals surface area contributed by atoms with Crippen LogP contribution in [0.5, 0.6) is 11.9 Å². The van der Waals surface area contributed by atoms with Crippen LogP contribution in [0.1, 0.15) is 54.7 Å². The number of esters is 3. The second-order valence-electron chi connectivity index (χ2n) is 11.6. The molecule has 0 bridgehead atoms. The molecule has 0 N–H and O–H groups in total. The first-order chi connectivity index (χ1) is 24.9. The van der Waals surface area contributed by atoms with E-state index in [1.54, 1.807) is 97.2 Å². The third kappa shape index (κ3) is 8.75. The molecule has 51 heavy (non-hydrogen) atoms. The third-order valence-corrected chi connectivity index (χ3v) is 8.20. The van der Waals surface area contributed by atoms with Gasteiger partial charge in [-0.2, -0.15) is 4.98 Å². The monoisotopic (exact) mass is 688 g/mol.